The van der Waals surface area contributed by atoms with Gasteiger partial charge in [-0.25, -0.2) is 10.2 Å². The molecular formula is C31H23N3O7. The van der Waals surface area contributed by atoms with E-state index in [0.717, 1.165) is 0 Å². The number of benzene rings is 3. The molecule has 1 aromatic heterocycles. The molecule has 0 saturated carbocycles. The first-order valence-electron chi connectivity index (χ1n) is 12.4. The van der Waals surface area contributed by atoms with E-state index in [4.69, 9.17) is 18.6 Å². The van der Waals surface area contributed by atoms with Crippen LogP contribution < -0.4 is 25.0 Å². The normalized spacial score (nSPS) is 12.4. The minimum atomic E-state index is -0.642. The van der Waals surface area contributed by atoms with Crippen LogP contribution in [-0.4, -0.2) is 30.8 Å². The second-order valence-corrected chi connectivity index (χ2v) is 8.53. The van der Waals surface area contributed by atoms with Crippen LogP contribution in [-0.2, 0) is 9.59 Å². The lowest BCUT2D eigenvalue weighted by molar-refractivity contribution is -0.129. The van der Waals surface area contributed by atoms with Crippen molar-refractivity contribution in [3.8, 4) is 17.2 Å². The number of hydrogen-bond donors (Lipinski definition) is 2. The van der Waals surface area contributed by atoms with Crippen LogP contribution in [0.5, 0.6) is 17.2 Å². The van der Waals surface area contributed by atoms with E-state index in [1.165, 1.54) is 30.7 Å². The Kier molecular flexibility index (Phi) is 8.31. The molecule has 0 radical (unpaired) electrons. The van der Waals surface area contributed by atoms with Gasteiger partial charge in [0, 0.05) is 11.6 Å². The summed E-state index contributed by atoms with van der Waals surface area (Å²) >= 11 is 0. The van der Waals surface area contributed by atoms with E-state index in [-0.39, 0.29) is 12.5 Å². The van der Waals surface area contributed by atoms with Gasteiger partial charge in [0.05, 0.1) is 12.5 Å². The Morgan fingerprint density at radius 1 is 0.854 bits per heavy atom. The third kappa shape index (κ3) is 7.36. The number of amides is 2. The topological polar surface area (TPSA) is 128 Å². The molecule has 1 aliphatic heterocycles. The monoisotopic (exact) mass is 549 g/mol. The van der Waals surface area contributed by atoms with Crippen molar-refractivity contribution in [3.63, 3.8) is 0 Å². The van der Waals surface area contributed by atoms with Crippen LogP contribution in [0.1, 0.15) is 27.2 Å². The van der Waals surface area contributed by atoms with E-state index in [9.17, 15) is 14.4 Å². The molecule has 10 nitrogen and oxygen atoms in total. The molecule has 4 aromatic rings. The summed E-state index contributed by atoms with van der Waals surface area (Å²) in [6.45, 7) is 0.113. The Hall–Kier alpha value is -5.90. The number of hydrogen-bond acceptors (Lipinski definition) is 8. The molecule has 10 heteroatoms. The van der Waals surface area contributed by atoms with Gasteiger partial charge in [-0.2, -0.15) is 5.10 Å². The fourth-order valence-electron chi connectivity index (χ4n) is 3.65. The first-order chi connectivity index (χ1) is 20.0. The molecule has 2 heterocycles. The van der Waals surface area contributed by atoms with E-state index in [0.29, 0.717) is 39.7 Å². The summed E-state index contributed by atoms with van der Waals surface area (Å²) in [4.78, 5) is 37.8. The molecule has 41 heavy (non-hydrogen) atoms. The highest BCUT2D eigenvalue weighted by molar-refractivity contribution is 6.05. The van der Waals surface area contributed by atoms with Gasteiger partial charge in [0.2, 0.25) is 6.79 Å². The summed E-state index contributed by atoms with van der Waals surface area (Å²) in [7, 11) is 0. The van der Waals surface area contributed by atoms with Crippen LogP contribution >= 0.6 is 0 Å². The SMILES string of the molecule is O=C(C=Cc1ccco1)Oc1ccc(C=NNC(=O)C(=Cc2ccc3c(c2)OCO3)NC(=O)c2ccccc2)cc1. The van der Waals surface area contributed by atoms with Crippen LogP contribution in [0.2, 0.25) is 0 Å². The Balaban J connectivity index is 1.23. The second-order valence-electron chi connectivity index (χ2n) is 8.53. The quantitative estimate of drug-likeness (QED) is 0.103. The first-order valence-corrected chi connectivity index (χ1v) is 12.4. The van der Waals surface area contributed by atoms with E-state index in [1.807, 2.05) is 0 Å². The average Bonchev–Trinajstić information content (AvgIpc) is 3.69. The lowest BCUT2D eigenvalue weighted by Crippen LogP contribution is -2.32. The fourth-order valence-corrected chi connectivity index (χ4v) is 3.65. The summed E-state index contributed by atoms with van der Waals surface area (Å²) < 4.78 is 21.1. The molecule has 0 saturated heterocycles. The molecule has 204 valence electrons. The second kappa shape index (κ2) is 12.8. The number of rotatable bonds is 9. The number of hydrazone groups is 1. The molecule has 5 rings (SSSR count). The van der Waals surface area contributed by atoms with Gasteiger partial charge >= 0.3 is 5.97 Å². The molecule has 0 unspecified atom stereocenters. The molecule has 0 spiro atoms. The fraction of sp³-hybridized carbons (Fsp3) is 0.0323. The highest BCUT2D eigenvalue weighted by atomic mass is 16.7. The number of fused-ring (bicyclic) bond motifs is 1. The van der Waals surface area contributed by atoms with Crippen LogP contribution in [0.4, 0.5) is 0 Å². The number of ether oxygens (including phenoxy) is 3. The van der Waals surface area contributed by atoms with Gasteiger partial charge in [0.25, 0.3) is 11.8 Å². The van der Waals surface area contributed by atoms with Crippen molar-refractivity contribution in [1.82, 2.24) is 10.7 Å². The molecule has 0 atom stereocenters. The minimum absolute atomic E-state index is 0.0280. The standard InChI is InChI=1S/C31H23N3O7/c35-29(15-13-24-7-4-16-38-24)41-25-11-8-21(9-12-25)19-32-34-31(37)26(33-30(36)23-5-2-1-3-6-23)17-22-10-14-27-28(18-22)40-20-39-27/h1-19H,20H2,(H,33,36)(H,34,37). The van der Waals surface area contributed by atoms with Crippen molar-refractivity contribution < 1.29 is 33.0 Å². The zero-order valence-electron chi connectivity index (χ0n) is 21.5. The van der Waals surface area contributed by atoms with Crippen molar-refractivity contribution in [2.75, 3.05) is 6.79 Å². The predicted octanol–water partition coefficient (Wildman–Crippen LogP) is 4.55. The Morgan fingerprint density at radius 2 is 1.63 bits per heavy atom. The minimum Gasteiger partial charge on any atom is -0.465 e. The third-order valence-corrected chi connectivity index (χ3v) is 5.64. The maximum absolute atomic E-state index is 13.0. The third-order valence-electron chi connectivity index (χ3n) is 5.64. The Morgan fingerprint density at radius 3 is 2.41 bits per heavy atom. The molecule has 0 fully saturated rings. The van der Waals surface area contributed by atoms with E-state index in [2.05, 4.69) is 15.8 Å². The van der Waals surface area contributed by atoms with Gasteiger partial charge in [-0.15, -0.1) is 0 Å². The number of carbonyl (C=O) groups is 3. The van der Waals surface area contributed by atoms with Gasteiger partial charge in [0.1, 0.15) is 17.2 Å². The van der Waals surface area contributed by atoms with Gasteiger partial charge in [-0.3, -0.25) is 9.59 Å². The maximum Gasteiger partial charge on any atom is 0.336 e. The van der Waals surface area contributed by atoms with E-state index in [1.54, 1.807) is 84.9 Å². The summed E-state index contributed by atoms with van der Waals surface area (Å²) in [5.41, 5.74) is 4.03. The van der Waals surface area contributed by atoms with E-state index < -0.39 is 17.8 Å². The van der Waals surface area contributed by atoms with Crippen LogP contribution in [0.25, 0.3) is 12.2 Å². The van der Waals surface area contributed by atoms with E-state index >= 15 is 0 Å². The molecule has 1 aliphatic rings. The summed E-state index contributed by atoms with van der Waals surface area (Å²) in [6.07, 6.45) is 7.19. The van der Waals surface area contributed by atoms with Gasteiger partial charge in [-0.1, -0.05) is 24.3 Å². The Bertz CT molecular complexity index is 1620. The van der Waals surface area contributed by atoms with Gasteiger partial charge in [-0.05, 0) is 83.9 Å². The number of carbonyl (C=O) groups excluding carboxylic acids is 3. The summed E-state index contributed by atoms with van der Waals surface area (Å²) in [5.74, 6) is 0.333. The lowest BCUT2D eigenvalue weighted by Gasteiger charge is -2.09. The Labute approximate surface area is 234 Å². The van der Waals surface area contributed by atoms with Crippen molar-refractivity contribution >= 4 is 36.2 Å². The number of nitrogens with zero attached hydrogens (tertiary/aromatic N) is 1. The van der Waals surface area contributed by atoms with Crippen LogP contribution in [0.15, 0.2) is 112 Å². The summed E-state index contributed by atoms with van der Waals surface area (Å²) in [6, 6.07) is 23.6. The van der Waals surface area contributed by atoms with Crippen molar-refractivity contribution in [3.05, 3.63) is 125 Å². The molecule has 0 bridgehead atoms. The number of furan rings is 1. The van der Waals surface area contributed by atoms with Crippen LogP contribution in [0.3, 0.4) is 0 Å². The first kappa shape index (κ1) is 26.7. The molecule has 2 N–H and O–H groups in total. The highest BCUT2D eigenvalue weighted by Crippen LogP contribution is 2.33. The van der Waals surface area contributed by atoms with Gasteiger partial charge < -0.3 is 23.9 Å². The lowest BCUT2D eigenvalue weighted by atomic mass is 10.1. The highest BCUT2D eigenvalue weighted by Gasteiger charge is 2.17. The number of nitrogens with one attached hydrogen (secondary N) is 2. The zero-order valence-corrected chi connectivity index (χ0v) is 21.5. The molecule has 0 aliphatic carbocycles. The summed E-state index contributed by atoms with van der Waals surface area (Å²) in [5, 5.41) is 6.65. The number of esters is 1. The van der Waals surface area contributed by atoms with Crippen LogP contribution in [0, 0.1) is 0 Å². The van der Waals surface area contributed by atoms with Crippen molar-refractivity contribution in [1.29, 1.82) is 0 Å². The van der Waals surface area contributed by atoms with Crippen molar-refractivity contribution in [2.24, 2.45) is 5.10 Å². The predicted molar refractivity (Wildman–Crippen MR) is 150 cm³/mol. The molecule has 2 amide bonds. The molecule has 3 aromatic carbocycles. The maximum atomic E-state index is 13.0. The van der Waals surface area contributed by atoms with Gasteiger partial charge in [0.15, 0.2) is 11.5 Å². The average molecular weight is 550 g/mol. The van der Waals surface area contributed by atoms with Crippen molar-refractivity contribution in [2.45, 2.75) is 0 Å². The zero-order chi connectivity index (χ0) is 28.4. The largest absolute Gasteiger partial charge is 0.465 e. The smallest absolute Gasteiger partial charge is 0.336 e. The molecular weight excluding hydrogens is 526 g/mol.